The number of hydrogen-bond donors (Lipinski definition) is 0. The Morgan fingerprint density at radius 3 is 2.95 bits per heavy atom. The van der Waals surface area contributed by atoms with Crippen LogP contribution in [0.1, 0.15) is 16.1 Å². The molecule has 0 N–H and O–H groups in total. The van der Waals surface area contributed by atoms with E-state index in [4.69, 9.17) is 16.3 Å². The highest BCUT2D eigenvalue weighted by Crippen LogP contribution is 2.19. The van der Waals surface area contributed by atoms with Crippen molar-refractivity contribution in [2.75, 3.05) is 13.7 Å². The third kappa shape index (κ3) is 2.97. The van der Waals surface area contributed by atoms with E-state index in [2.05, 4.69) is 10.1 Å². The van der Waals surface area contributed by atoms with Crippen LogP contribution in [0.25, 0.3) is 0 Å². The van der Waals surface area contributed by atoms with Crippen LogP contribution in [0.3, 0.4) is 0 Å². The van der Waals surface area contributed by atoms with Crippen molar-refractivity contribution in [1.29, 1.82) is 0 Å². The molecule has 5 nitrogen and oxygen atoms in total. The van der Waals surface area contributed by atoms with E-state index < -0.39 is 11.6 Å². The third-order valence-corrected chi connectivity index (χ3v) is 2.76. The van der Waals surface area contributed by atoms with E-state index in [0.717, 1.165) is 12.3 Å². The summed E-state index contributed by atoms with van der Waals surface area (Å²) < 4.78 is 19.4. The van der Waals surface area contributed by atoms with Gasteiger partial charge in [0.1, 0.15) is 11.5 Å². The molecule has 0 aromatic carbocycles. The monoisotopic (exact) mass is 283 g/mol. The van der Waals surface area contributed by atoms with Crippen molar-refractivity contribution >= 4 is 17.4 Å². The minimum absolute atomic E-state index is 0.126. The number of halogens is 2. The van der Waals surface area contributed by atoms with Crippen molar-refractivity contribution in [2.45, 2.75) is 6.54 Å². The van der Waals surface area contributed by atoms with E-state index in [1.165, 1.54) is 17.1 Å². The smallest absolute Gasteiger partial charge is 0.214 e. The molecule has 0 saturated heterocycles. The molecule has 2 rings (SSSR count). The van der Waals surface area contributed by atoms with Crippen molar-refractivity contribution in [3.63, 3.8) is 0 Å². The van der Waals surface area contributed by atoms with E-state index in [0.29, 0.717) is 13.2 Å². The lowest BCUT2D eigenvalue weighted by Gasteiger charge is -2.06. The van der Waals surface area contributed by atoms with Gasteiger partial charge in [0, 0.05) is 18.9 Å². The zero-order valence-electron chi connectivity index (χ0n) is 10.1. The Kier molecular flexibility index (Phi) is 4.24. The molecule has 0 bridgehead atoms. The fraction of sp³-hybridized carbons (Fsp3) is 0.250. The lowest BCUT2D eigenvalue weighted by molar-refractivity contribution is 0.102. The van der Waals surface area contributed by atoms with Crippen molar-refractivity contribution < 1.29 is 13.9 Å². The first-order chi connectivity index (χ1) is 9.13. The molecule has 2 aromatic rings. The Morgan fingerprint density at radius 2 is 2.26 bits per heavy atom. The first-order valence-corrected chi connectivity index (χ1v) is 5.86. The maximum Gasteiger partial charge on any atom is 0.214 e. The maximum absolute atomic E-state index is 13.1. The van der Waals surface area contributed by atoms with Crippen LogP contribution in [0.4, 0.5) is 4.39 Å². The zero-order chi connectivity index (χ0) is 13.8. The fourth-order valence-electron chi connectivity index (χ4n) is 1.61. The molecule has 100 valence electrons. The lowest BCUT2D eigenvalue weighted by Crippen LogP contribution is -2.15. The highest BCUT2D eigenvalue weighted by atomic mass is 35.5. The van der Waals surface area contributed by atoms with Crippen LogP contribution in [0.2, 0.25) is 5.02 Å². The molecule has 0 aliphatic heterocycles. The SMILES string of the molecule is COCCn1ncc(Cl)c1C(=O)c1cncc(F)c1. The van der Waals surface area contributed by atoms with Gasteiger partial charge < -0.3 is 4.74 Å². The number of methoxy groups -OCH3 is 1. The van der Waals surface area contributed by atoms with Gasteiger partial charge in [-0.05, 0) is 6.07 Å². The second-order valence-corrected chi connectivity index (χ2v) is 4.19. The molecule has 0 unspecified atom stereocenters. The Labute approximate surface area is 114 Å². The van der Waals surface area contributed by atoms with E-state index in [1.54, 1.807) is 7.11 Å². The maximum atomic E-state index is 13.1. The van der Waals surface area contributed by atoms with Gasteiger partial charge in [-0.1, -0.05) is 11.6 Å². The van der Waals surface area contributed by atoms with E-state index in [9.17, 15) is 9.18 Å². The summed E-state index contributed by atoms with van der Waals surface area (Å²) in [5.41, 5.74) is 0.326. The Balaban J connectivity index is 2.35. The highest BCUT2D eigenvalue weighted by Gasteiger charge is 2.19. The number of carbonyl (C=O) groups is 1. The average molecular weight is 284 g/mol. The lowest BCUT2D eigenvalue weighted by atomic mass is 10.1. The number of pyridine rings is 1. The van der Waals surface area contributed by atoms with Crippen LogP contribution < -0.4 is 0 Å². The number of rotatable bonds is 5. The minimum Gasteiger partial charge on any atom is -0.383 e. The molecule has 0 aliphatic carbocycles. The summed E-state index contributed by atoms with van der Waals surface area (Å²) in [4.78, 5) is 15.9. The van der Waals surface area contributed by atoms with Gasteiger partial charge in [0.05, 0.1) is 30.6 Å². The van der Waals surface area contributed by atoms with Crippen molar-refractivity contribution in [1.82, 2.24) is 14.8 Å². The van der Waals surface area contributed by atoms with Crippen LogP contribution in [0.5, 0.6) is 0 Å². The summed E-state index contributed by atoms with van der Waals surface area (Å²) >= 11 is 5.95. The van der Waals surface area contributed by atoms with Crippen LogP contribution >= 0.6 is 11.6 Å². The molecule has 0 fully saturated rings. The number of hydrogen-bond acceptors (Lipinski definition) is 4. The van der Waals surface area contributed by atoms with Gasteiger partial charge in [0.2, 0.25) is 5.78 Å². The average Bonchev–Trinajstić information content (AvgIpc) is 2.76. The van der Waals surface area contributed by atoms with Crippen molar-refractivity contribution in [3.05, 3.63) is 46.8 Å². The Morgan fingerprint density at radius 1 is 1.47 bits per heavy atom. The summed E-state index contributed by atoms with van der Waals surface area (Å²) in [7, 11) is 1.54. The molecule has 19 heavy (non-hydrogen) atoms. The number of nitrogens with zero attached hydrogens (tertiary/aromatic N) is 3. The second-order valence-electron chi connectivity index (χ2n) is 3.78. The molecule has 0 atom stereocenters. The number of ketones is 1. The molecule has 0 radical (unpaired) electrons. The predicted molar refractivity (Wildman–Crippen MR) is 66.7 cm³/mol. The van der Waals surface area contributed by atoms with Gasteiger partial charge in [-0.2, -0.15) is 5.10 Å². The Hall–Kier alpha value is -1.79. The van der Waals surface area contributed by atoms with Gasteiger partial charge in [0.15, 0.2) is 0 Å². The Bertz CT molecular complexity index is 600. The summed E-state index contributed by atoms with van der Waals surface area (Å²) in [6.07, 6.45) is 3.69. The standard InChI is InChI=1S/C12H11ClFN3O2/c1-19-3-2-17-11(10(13)7-16-17)12(18)8-4-9(14)6-15-5-8/h4-7H,2-3H2,1H3. The molecule has 7 heteroatoms. The summed E-state index contributed by atoms with van der Waals surface area (Å²) in [5, 5.41) is 4.21. The zero-order valence-corrected chi connectivity index (χ0v) is 10.9. The number of aromatic nitrogens is 3. The molecular weight excluding hydrogens is 273 g/mol. The quantitative estimate of drug-likeness (QED) is 0.787. The van der Waals surface area contributed by atoms with Crippen molar-refractivity contribution in [2.24, 2.45) is 0 Å². The van der Waals surface area contributed by atoms with Gasteiger partial charge in [-0.3, -0.25) is 14.5 Å². The topological polar surface area (TPSA) is 57.0 Å². The normalized spacial score (nSPS) is 10.7. The van der Waals surface area contributed by atoms with Crippen molar-refractivity contribution in [3.8, 4) is 0 Å². The first kappa shape index (κ1) is 13.6. The molecule has 0 aliphatic rings. The van der Waals surface area contributed by atoms with E-state index in [1.807, 2.05) is 0 Å². The number of ether oxygens (including phenoxy) is 1. The molecule has 0 saturated carbocycles. The minimum atomic E-state index is -0.579. The summed E-state index contributed by atoms with van der Waals surface area (Å²) in [6, 6.07) is 1.11. The second kappa shape index (κ2) is 5.90. The summed E-state index contributed by atoms with van der Waals surface area (Å²) in [6.45, 7) is 0.771. The fourth-order valence-corrected chi connectivity index (χ4v) is 1.84. The largest absolute Gasteiger partial charge is 0.383 e. The van der Waals surface area contributed by atoms with Crippen LogP contribution in [-0.4, -0.2) is 34.3 Å². The van der Waals surface area contributed by atoms with Crippen LogP contribution in [0, 0.1) is 5.82 Å². The van der Waals surface area contributed by atoms with E-state index >= 15 is 0 Å². The van der Waals surface area contributed by atoms with Gasteiger partial charge in [0.25, 0.3) is 0 Å². The van der Waals surface area contributed by atoms with Gasteiger partial charge >= 0.3 is 0 Å². The third-order valence-electron chi connectivity index (χ3n) is 2.48. The highest BCUT2D eigenvalue weighted by molar-refractivity contribution is 6.34. The van der Waals surface area contributed by atoms with Gasteiger partial charge in [-0.15, -0.1) is 0 Å². The molecular formula is C12H11ClFN3O2. The van der Waals surface area contributed by atoms with E-state index in [-0.39, 0.29) is 16.3 Å². The van der Waals surface area contributed by atoms with Crippen LogP contribution in [0.15, 0.2) is 24.7 Å². The first-order valence-electron chi connectivity index (χ1n) is 5.49. The molecule has 0 spiro atoms. The summed E-state index contributed by atoms with van der Waals surface area (Å²) in [5.74, 6) is -1.00. The van der Waals surface area contributed by atoms with Gasteiger partial charge in [-0.25, -0.2) is 4.39 Å². The van der Waals surface area contributed by atoms with Crippen LogP contribution in [-0.2, 0) is 11.3 Å². The molecule has 0 amide bonds. The molecule has 2 aromatic heterocycles. The predicted octanol–water partition coefficient (Wildman–Crippen LogP) is 1.95. The number of carbonyl (C=O) groups excluding carboxylic acids is 1. The molecule has 2 heterocycles.